The van der Waals surface area contributed by atoms with Crippen molar-refractivity contribution in [3.8, 4) is 0 Å². The van der Waals surface area contributed by atoms with E-state index < -0.39 is 18.2 Å². The summed E-state index contributed by atoms with van der Waals surface area (Å²) in [4.78, 5) is 7.76. The van der Waals surface area contributed by atoms with Gasteiger partial charge in [0.05, 0.1) is 11.9 Å². The van der Waals surface area contributed by atoms with E-state index in [0.29, 0.717) is 0 Å². The summed E-state index contributed by atoms with van der Waals surface area (Å²) in [7, 11) is 1.50. The maximum atomic E-state index is 12.7. The van der Waals surface area contributed by atoms with E-state index in [9.17, 15) is 8.78 Å². The smallest absolute Gasteiger partial charge is 0.282 e. The molecule has 0 bridgehead atoms. The number of hydrogen-bond acceptors (Lipinski definition) is 4. The van der Waals surface area contributed by atoms with Gasteiger partial charge in [-0.15, -0.1) is 0 Å². The zero-order chi connectivity index (χ0) is 13.2. The van der Waals surface area contributed by atoms with Crippen molar-refractivity contribution in [3.63, 3.8) is 0 Å². The van der Waals surface area contributed by atoms with Crippen LogP contribution in [0.25, 0.3) is 0 Å². The summed E-state index contributed by atoms with van der Waals surface area (Å²) in [5.74, 6) is 0.226. The zero-order valence-corrected chi connectivity index (χ0v) is 10.4. The van der Waals surface area contributed by atoms with Crippen LogP contribution in [-0.4, -0.2) is 17.1 Å². The summed E-state index contributed by atoms with van der Waals surface area (Å²) < 4.78 is 30.6. The number of aromatic nitrogens is 2. The Labute approximate surface area is 99.2 Å². The second-order valence-electron chi connectivity index (χ2n) is 4.85. The zero-order valence-electron chi connectivity index (χ0n) is 10.4. The molecule has 0 aliphatic heterocycles. The average Bonchev–Trinajstić information content (AvgIpc) is 2.19. The molecule has 0 aliphatic carbocycles. The Bertz CT molecular complexity index is 391. The van der Waals surface area contributed by atoms with Gasteiger partial charge in [-0.25, -0.2) is 18.7 Å². The third-order valence-corrected chi connectivity index (χ3v) is 2.33. The fraction of sp³-hybridized carbons (Fsp3) is 0.636. The van der Waals surface area contributed by atoms with Crippen LogP contribution in [0.5, 0.6) is 0 Å². The lowest BCUT2D eigenvalue weighted by molar-refractivity contribution is 0.00795. The van der Waals surface area contributed by atoms with E-state index >= 15 is 0 Å². The summed E-state index contributed by atoms with van der Waals surface area (Å²) in [6.45, 7) is 5.76. The van der Waals surface area contributed by atoms with Gasteiger partial charge in [0.1, 0.15) is 11.8 Å². The quantitative estimate of drug-likeness (QED) is 0.889. The first kappa shape index (κ1) is 13.8. The standard InChI is InChI=1S/C11H17F2N3O/c1-11(2,3)8(17-4)10-15-5-6(14)7(16-10)9(12)13/h5,8-9H,14H2,1-4H3. The third kappa shape index (κ3) is 3.09. The van der Waals surface area contributed by atoms with Crippen molar-refractivity contribution in [3.05, 3.63) is 17.7 Å². The maximum Gasteiger partial charge on any atom is 0.282 e. The molecule has 1 heterocycles. The molecule has 6 heteroatoms. The molecule has 0 fully saturated rings. The minimum atomic E-state index is -2.71. The molecular formula is C11H17F2N3O. The number of nitrogens with two attached hydrogens (primary N) is 1. The lowest BCUT2D eigenvalue weighted by atomic mass is 9.88. The first-order valence-corrected chi connectivity index (χ1v) is 5.20. The van der Waals surface area contributed by atoms with E-state index in [1.807, 2.05) is 20.8 Å². The van der Waals surface area contributed by atoms with Crippen molar-refractivity contribution in [2.45, 2.75) is 33.3 Å². The monoisotopic (exact) mass is 245 g/mol. The number of nitrogen functional groups attached to an aromatic ring is 1. The van der Waals surface area contributed by atoms with E-state index in [4.69, 9.17) is 10.5 Å². The third-order valence-electron chi connectivity index (χ3n) is 2.33. The van der Waals surface area contributed by atoms with E-state index in [1.54, 1.807) is 0 Å². The van der Waals surface area contributed by atoms with Gasteiger partial charge in [0.15, 0.2) is 5.82 Å². The fourth-order valence-electron chi connectivity index (χ4n) is 1.57. The molecule has 4 nitrogen and oxygen atoms in total. The molecule has 0 saturated heterocycles. The second-order valence-corrected chi connectivity index (χ2v) is 4.85. The van der Waals surface area contributed by atoms with Gasteiger partial charge in [0.2, 0.25) is 0 Å². The number of anilines is 1. The maximum absolute atomic E-state index is 12.7. The number of hydrogen-bond donors (Lipinski definition) is 1. The Balaban J connectivity index is 3.18. The van der Waals surface area contributed by atoms with Crippen LogP contribution in [0.15, 0.2) is 6.20 Å². The average molecular weight is 245 g/mol. The number of methoxy groups -OCH3 is 1. The van der Waals surface area contributed by atoms with Crippen LogP contribution in [0.4, 0.5) is 14.5 Å². The minimum Gasteiger partial charge on any atom is -0.396 e. The first-order chi connectivity index (χ1) is 7.77. The molecule has 1 rings (SSSR count). The topological polar surface area (TPSA) is 61.0 Å². The highest BCUT2D eigenvalue weighted by Crippen LogP contribution is 2.34. The van der Waals surface area contributed by atoms with Crippen LogP contribution in [0, 0.1) is 5.41 Å². The van der Waals surface area contributed by atoms with E-state index in [2.05, 4.69) is 9.97 Å². The van der Waals surface area contributed by atoms with E-state index in [1.165, 1.54) is 13.3 Å². The van der Waals surface area contributed by atoms with Crippen molar-refractivity contribution >= 4 is 5.69 Å². The van der Waals surface area contributed by atoms with Gasteiger partial charge < -0.3 is 10.5 Å². The fourth-order valence-corrected chi connectivity index (χ4v) is 1.57. The molecule has 0 aromatic carbocycles. The molecule has 1 aromatic rings. The number of alkyl halides is 2. The molecule has 1 aromatic heterocycles. The summed E-state index contributed by atoms with van der Waals surface area (Å²) in [5.41, 5.74) is 4.56. The van der Waals surface area contributed by atoms with E-state index in [0.717, 1.165) is 0 Å². The van der Waals surface area contributed by atoms with Gasteiger partial charge in [-0.05, 0) is 5.41 Å². The predicted octanol–water partition coefficient (Wildman–Crippen LogP) is 2.73. The van der Waals surface area contributed by atoms with Gasteiger partial charge in [-0.1, -0.05) is 20.8 Å². The first-order valence-electron chi connectivity index (χ1n) is 5.20. The summed E-state index contributed by atoms with van der Waals surface area (Å²) in [5, 5.41) is 0. The van der Waals surface area contributed by atoms with Crippen LogP contribution in [0.3, 0.4) is 0 Å². The normalized spacial score (nSPS) is 14.1. The summed E-state index contributed by atoms with van der Waals surface area (Å²) >= 11 is 0. The van der Waals surface area contributed by atoms with Gasteiger partial charge in [-0.2, -0.15) is 0 Å². The Hall–Kier alpha value is -1.30. The van der Waals surface area contributed by atoms with Gasteiger partial charge >= 0.3 is 0 Å². The Kier molecular flexibility index (Phi) is 3.98. The molecule has 0 aliphatic rings. The molecule has 2 N–H and O–H groups in total. The molecule has 0 spiro atoms. The van der Waals surface area contributed by atoms with E-state index in [-0.39, 0.29) is 16.9 Å². The van der Waals surface area contributed by atoms with Gasteiger partial charge in [0, 0.05) is 7.11 Å². The minimum absolute atomic E-state index is 0.104. The number of rotatable bonds is 3. The lowest BCUT2D eigenvalue weighted by Crippen LogP contribution is -2.23. The van der Waals surface area contributed by atoms with Crippen molar-refractivity contribution in [2.75, 3.05) is 12.8 Å². The molecule has 17 heavy (non-hydrogen) atoms. The SMILES string of the molecule is COC(c1ncc(N)c(C(F)F)n1)C(C)(C)C. The summed E-state index contributed by atoms with van der Waals surface area (Å²) in [6.07, 6.45) is -1.98. The van der Waals surface area contributed by atoms with Crippen molar-refractivity contribution in [1.29, 1.82) is 0 Å². The predicted molar refractivity (Wildman–Crippen MR) is 60.6 cm³/mol. The van der Waals surface area contributed by atoms with Crippen LogP contribution >= 0.6 is 0 Å². The van der Waals surface area contributed by atoms with Crippen molar-refractivity contribution in [1.82, 2.24) is 9.97 Å². The second kappa shape index (κ2) is 4.91. The number of nitrogens with zero attached hydrogens (tertiary/aromatic N) is 2. The van der Waals surface area contributed by atoms with Crippen LogP contribution in [0.2, 0.25) is 0 Å². The van der Waals surface area contributed by atoms with Gasteiger partial charge in [-0.3, -0.25) is 0 Å². The molecule has 0 saturated carbocycles. The molecule has 0 radical (unpaired) electrons. The van der Waals surface area contributed by atoms with Crippen LogP contribution in [-0.2, 0) is 4.74 Å². The van der Waals surface area contributed by atoms with Crippen LogP contribution in [0.1, 0.15) is 44.8 Å². The highest BCUT2D eigenvalue weighted by atomic mass is 19.3. The Morgan fingerprint density at radius 3 is 2.35 bits per heavy atom. The molecule has 96 valence electrons. The molecule has 1 unspecified atom stereocenters. The highest BCUT2D eigenvalue weighted by Gasteiger charge is 2.29. The van der Waals surface area contributed by atoms with Crippen molar-refractivity contribution in [2.24, 2.45) is 5.41 Å². The van der Waals surface area contributed by atoms with Crippen LogP contribution < -0.4 is 5.73 Å². The number of halogens is 2. The Morgan fingerprint density at radius 1 is 1.35 bits per heavy atom. The lowest BCUT2D eigenvalue weighted by Gasteiger charge is -2.28. The highest BCUT2D eigenvalue weighted by molar-refractivity contribution is 5.41. The number of ether oxygens (including phenoxy) is 1. The summed E-state index contributed by atoms with van der Waals surface area (Å²) in [6, 6.07) is 0. The van der Waals surface area contributed by atoms with Gasteiger partial charge in [0.25, 0.3) is 6.43 Å². The van der Waals surface area contributed by atoms with Crippen molar-refractivity contribution < 1.29 is 13.5 Å². The molecule has 1 atom stereocenters. The molecular weight excluding hydrogens is 228 g/mol. The molecule has 0 amide bonds. The Morgan fingerprint density at radius 2 is 1.94 bits per heavy atom. The largest absolute Gasteiger partial charge is 0.396 e.